The van der Waals surface area contributed by atoms with Crippen molar-refractivity contribution in [2.45, 2.75) is 44.3 Å². The van der Waals surface area contributed by atoms with Gasteiger partial charge in [0.1, 0.15) is 0 Å². The second kappa shape index (κ2) is 8.59. The number of carboxylic acids is 1. The molecule has 0 aromatic rings. The fourth-order valence-electron chi connectivity index (χ4n) is 1.19. The topological polar surface area (TPSA) is 63.6 Å². The van der Waals surface area contributed by atoms with Gasteiger partial charge in [0.25, 0.3) is 0 Å². The van der Waals surface area contributed by atoms with E-state index >= 15 is 0 Å². The molecule has 5 heteroatoms. The molecule has 0 rings (SSSR count). The molecule has 4 nitrogen and oxygen atoms in total. The standard InChI is InChI=1S/C10H18O4S/c1-2-14-10(13)6-4-3-5-8(15)7-9(11)12/h8,15H,2-7H2,1H3,(H,11,12). The fraction of sp³-hybridized carbons (Fsp3) is 0.800. The number of rotatable bonds is 8. The Hall–Kier alpha value is -0.710. The SMILES string of the molecule is CCOC(=O)CCCCC(S)CC(=O)O. The van der Waals surface area contributed by atoms with E-state index < -0.39 is 5.97 Å². The Morgan fingerprint density at radius 1 is 1.40 bits per heavy atom. The second-order valence-corrected chi connectivity index (χ2v) is 4.03. The van der Waals surface area contributed by atoms with Gasteiger partial charge < -0.3 is 9.84 Å². The van der Waals surface area contributed by atoms with E-state index in [1.54, 1.807) is 6.92 Å². The van der Waals surface area contributed by atoms with Crippen molar-refractivity contribution in [3.8, 4) is 0 Å². The third-order valence-corrected chi connectivity index (χ3v) is 2.32. The van der Waals surface area contributed by atoms with E-state index in [0.29, 0.717) is 13.0 Å². The van der Waals surface area contributed by atoms with Gasteiger partial charge in [-0.3, -0.25) is 9.59 Å². The molecule has 0 aliphatic carbocycles. The summed E-state index contributed by atoms with van der Waals surface area (Å²) in [4.78, 5) is 21.2. The van der Waals surface area contributed by atoms with Crippen molar-refractivity contribution < 1.29 is 19.4 Å². The van der Waals surface area contributed by atoms with Crippen LogP contribution in [0.3, 0.4) is 0 Å². The third-order valence-electron chi connectivity index (χ3n) is 1.88. The van der Waals surface area contributed by atoms with Gasteiger partial charge in [-0.1, -0.05) is 6.42 Å². The quantitative estimate of drug-likeness (QED) is 0.382. The summed E-state index contributed by atoms with van der Waals surface area (Å²) in [5.41, 5.74) is 0. The van der Waals surface area contributed by atoms with E-state index in [9.17, 15) is 9.59 Å². The van der Waals surface area contributed by atoms with Crippen LogP contribution in [0, 0.1) is 0 Å². The zero-order valence-electron chi connectivity index (χ0n) is 8.94. The smallest absolute Gasteiger partial charge is 0.305 e. The predicted molar refractivity (Wildman–Crippen MR) is 60.1 cm³/mol. The molecule has 0 saturated carbocycles. The van der Waals surface area contributed by atoms with Crippen LogP contribution in [0.15, 0.2) is 0 Å². The molecule has 88 valence electrons. The first-order valence-corrected chi connectivity index (χ1v) is 5.63. The molecule has 1 atom stereocenters. The van der Waals surface area contributed by atoms with Crippen LogP contribution in [0.5, 0.6) is 0 Å². The zero-order chi connectivity index (χ0) is 11.7. The van der Waals surface area contributed by atoms with Crippen LogP contribution < -0.4 is 0 Å². The van der Waals surface area contributed by atoms with Crippen LogP contribution in [0.4, 0.5) is 0 Å². The molecule has 0 spiro atoms. The van der Waals surface area contributed by atoms with Gasteiger partial charge in [0.2, 0.25) is 0 Å². The molecule has 1 unspecified atom stereocenters. The molecule has 15 heavy (non-hydrogen) atoms. The molecule has 0 aromatic heterocycles. The van der Waals surface area contributed by atoms with Crippen molar-refractivity contribution in [1.29, 1.82) is 0 Å². The number of carbonyl (C=O) groups excluding carboxylic acids is 1. The van der Waals surface area contributed by atoms with Crippen LogP contribution >= 0.6 is 12.6 Å². The minimum atomic E-state index is -0.833. The van der Waals surface area contributed by atoms with Gasteiger partial charge in [-0.15, -0.1) is 0 Å². The normalized spacial score (nSPS) is 12.1. The summed E-state index contributed by atoms with van der Waals surface area (Å²) in [5.74, 6) is -1.02. The summed E-state index contributed by atoms with van der Waals surface area (Å²) in [5, 5.41) is 8.35. The average Bonchev–Trinajstić information content (AvgIpc) is 2.12. The van der Waals surface area contributed by atoms with Gasteiger partial charge in [0, 0.05) is 11.7 Å². The zero-order valence-corrected chi connectivity index (χ0v) is 9.83. The van der Waals surface area contributed by atoms with Crippen LogP contribution in [-0.4, -0.2) is 28.9 Å². The Balaban J connectivity index is 3.37. The first kappa shape index (κ1) is 14.3. The summed E-state index contributed by atoms with van der Waals surface area (Å²) in [6, 6.07) is 0. The van der Waals surface area contributed by atoms with Crippen molar-refractivity contribution in [3.05, 3.63) is 0 Å². The maximum atomic E-state index is 10.9. The number of carboxylic acid groups (broad SMARTS) is 1. The molecule has 0 amide bonds. The van der Waals surface area contributed by atoms with Gasteiger partial charge in [-0.25, -0.2) is 0 Å². The van der Waals surface area contributed by atoms with Crippen LogP contribution in [-0.2, 0) is 14.3 Å². The van der Waals surface area contributed by atoms with Gasteiger partial charge in [0.15, 0.2) is 0 Å². The number of carbonyl (C=O) groups is 2. The fourth-order valence-corrected chi connectivity index (χ4v) is 1.52. The molecule has 0 fully saturated rings. The van der Waals surface area contributed by atoms with E-state index in [-0.39, 0.29) is 17.6 Å². The summed E-state index contributed by atoms with van der Waals surface area (Å²) in [6.07, 6.45) is 2.73. The number of hydrogen-bond donors (Lipinski definition) is 2. The number of aliphatic carboxylic acids is 1. The third kappa shape index (κ3) is 9.59. The largest absolute Gasteiger partial charge is 0.481 e. The molecule has 0 radical (unpaired) electrons. The highest BCUT2D eigenvalue weighted by atomic mass is 32.1. The molecule has 0 heterocycles. The number of ether oxygens (including phenoxy) is 1. The monoisotopic (exact) mass is 234 g/mol. The molecule has 0 aliphatic heterocycles. The summed E-state index contributed by atoms with van der Waals surface area (Å²) in [6.45, 7) is 2.18. The van der Waals surface area contributed by atoms with Crippen molar-refractivity contribution in [2.75, 3.05) is 6.61 Å². The molecule has 0 saturated heterocycles. The number of hydrogen-bond acceptors (Lipinski definition) is 4. The molecule has 0 bridgehead atoms. The van der Waals surface area contributed by atoms with E-state index in [2.05, 4.69) is 12.6 Å². The summed E-state index contributed by atoms with van der Waals surface area (Å²) < 4.78 is 4.76. The Morgan fingerprint density at radius 2 is 2.07 bits per heavy atom. The maximum Gasteiger partial charge on any atom is 0.305 e. The number of unbranched alkanes of at least 4 members (excludes halogenated alkanes) is 1. The van der Waals surface area contributed by atoms with Gasteiger partial charge >= 0.3 is 11.9 Å². The molecule has 0 aliphatic rings. The first-order valence-electron chi connectivity index (χ1n) is 5.11. The van der Waals surface area contributed by atoms with Crippen LogP contribution in [0.25, 0.3) is 0 Å². The van der Waals surface area contributed by atoms with Gasteiger partial charge in [-0.2, -0.15) is 12.6 Å². The van der Waals surface area contributed by atoms with Crippen molar-refractivity contribution in [1.82, 2.24) is 0 Å². The molecule has 1 N–H and O–H groups in total. The average molecular weight is 234 g/mol. The Kier molecular flexibility index (Phi) is 8.18. The Bertz CT molecular complexity index is 206. The highest BCUT2D eigenvalue weighted by Gasteiger charge is 2.08. The molecule has 0 aromatic carbocycles. The van der Waals surface area contributed by atoms with E-state index in [1.807, 2.05) is 0 Å². The number of thiol groups is 1. The Labute approximate surface area is 95.4 Å². The van der Waals surface area contributed by atoms with Crippen molar-refractivity contribution in [2.24, 2.45) is 0 Å². The predicted octanol–water partition coefficient (Wildman–Crippen LogP) is 1.88. The highest BCUT2D eigenvalue weighted by Crippen LogP contribution is 2.12. The second-order valence-electron chi connectivity index (χ2n) is 3.30. The molecular weight excluding hydrogens is 216 g/mol. The lowest BCUT2D eigenvalue weighted by Crippen LogP contribution is -2.08. The molecular formula is C10H18O4S. The first-order chi connectivity index (χ1) is 7.06. The lowest BCUT2D eigenvalue weighted by Gasteiger charge is -2.06. The van der Waals surface area contributed by atoms with Crippen LogP contribution in [0.2, 0.25) is 0 Å². The van der Waals surface area contributed by atoms with Gasteiger partial charge in [-0.05, 0) is 19.8 Å². The van der Waals surface area contributed by atoms with E-state index in [1.165, 1.54) is 0 Å². The Morgan fingerprint density at radius 3 is 2.60 bits per heavy atom. The lowest BCUT2D eigenvalue weighted by atomic mass is 10.1. The highest BCUT2D eigenvalue weighted by molar-refractivity contribution is 7.81. The van der Waals surface area contributed by atoms with Crippen LogP contribution in [0.1, 0.15) is 39.0 Å². The summed E-state index contributed by atoms with van der Waals surface area (Å²) in [7, 11) is 0. The van der Waals surface area contributed by atoms with E-state index in [4.69, 9.17) is 9.84 Å². The lowest BCUT2D eigenvalue weighted by molar-refractivity contribution is -0.143. The van der Waals surface area contributed by atoms with Gasteiger partial charge in [0.05, 0.1) is 13.0 Å². The number of esters is 1. The maximum absolute atomic E-state index is 10.9. The van der Waals surface area contributed by atoms with E-state index in [0.717, 1.165) is 19.3 Å². The van der Waals surface area contributed by atoms with Crippen molar-refractivity contribution >= 4 is 24.6 Å². The minimum absolute atomic E-state index is 0.0719. The minimum Gasteiger partial charge on any atom is -0.481 e. The van der Waals surface area contributed by atoms with Crippen molar-refractivity contribution in [3.63, 3.8) is 0 Å². The summed E-state index contributed by atoms with van der Waals surface area (Å²) >= 11 is 4.14.